The average molecular weight is 497 g/mol. The third kappa shape index (κ3) is 5.83. The van der Waals surface area contributed by atoms with Gasteiger partial charge in [0.25, 0.3) is 5.91 Å². The van der Waals surface area contributed by atoms with Crippen molar-refractivity contribution in [3.63, 3.8) is 0 Å². The number of nitrogens with one attached hydrogen (secondary N) is 1. The molecule has 9 nitrogen and oxygen atoms in total. The second kappa shape index (κ2) is 11.1. The van der Waals surface area contributed by atoms with E-state index >= 15 is 0 Å². The van der Waals surface area contributed by atoms with Crippen LogP contribution >= 0.6 is 11.8 Å². The van der Waals surface area contributed by atoms with E-state index in [-0.39, 0.29) is 19.8 Å². The van der Waals surface area contributed by atoms with Crippen LogP contribution in [0.3, 0.4) is 0 Å². The molecule has 2 aromatic carbocycles. The van der Waals surface area contributed by atoms with Crippen molar-refractivity contribution in [3.8, 4) is 5.75 Å². The Balaban J connectivity index is 1.41. The smallest absolute Gasteiger partial charge is 0.333 e. The Morgan fingerprint density at radius 2 is 1.66 bits per heavy atom. The molecule has 0 radical (unpaired) electrons. The number of rotatable bonds is 9. The fourth-order valence-corrected chi connectivity index (χ4v) is 4.90. The number of fused-ring (bicyclic) bond motifs is 1. The number of para-hydroxylation sites is 1. The van der Waals surface area contributed by atoms with Gasteiger partial charge in [-0.2, -0.15) is 0 Å². The van der Waals surface area contributed by atoms with Crippen LogP contribution in [-0.2, 0) is 35.3 Å². The van der Waals surface area contributed by atoms with Gasteiger partial charge in [-0.05, 0) is 23.1 Å². The molecule has 1 N–H and O–H groups in total. The first-order valence-corrected chi connectivity index (χ1v) is 11.9. The van der Waals surface area contributed by atoms with Gasteiger partial charge >= 0.3 is 11.9 Å². The van der Waals surface area contributed by atoms with Crippen molar-refractivity contribution in [2.45, 2.75) is 31.0 Å². The highest BCUT2D eigenvalue weighted by molar-refractivity contribution is 8.02. The van der Waals surface area contributed by atoms with Crippen LogP contribution in [0, 0.1) is 0 Å². The van der Waals surface area contributed by atoms with E-state index in [0.29, 0.717) is 11.3 Å². The number of benzene rings is 2. The standard InChI is InChI=1S/C25H24N2O7S/c1-16(28)32-13-18-15-35-24-21(26-20(29)14-33-19-10-6-3-7-11-19)23(30)27(24)22(18)25(31)34-12-17-8-4-2-5-9-17/h2-11,15,21-22,24H,12-14H2,1H3,(H,26,29)/t21?,22?,24-/m1/s1. The van der Waals surface area contributed by atoms with Crippen molar-refractivity contribution >= 4 is 35.5 Å². The molecular weight excluding hydrogens is 472 g/mol. The van der Waals surface area contributed by atoms with Crippen molar-refractivity contribution < 1.29 is 33.4 Å². The fraction of sp³-hybridized carbons (Fsp3) is 0.280. The summed E-state index contributed by atoms with van der Waals surface area (Å²) >= 11 is 1.27. The lowest BCUT2D eigenvalue weighted by Gasteiger charge is -2.51. The summed E-state index contributed by atoms with van der Waals surface area (Å²) in [6, 6.07) is 16.1. The number of esters is 2. The summed E-state index contributed by atoms with van der Waals surface area (Å²) in [6.45, 7) is 0.904. The minimum absolute atomic E-state index is 0.0356. The molecule has 2 aliphatic heterocycles. The Bertz CT molecular complexity index is 1120. The van der Waals surface area contributed by atoms with Gasteiger partial charge in [-0.25, -0.2) is 4.79 Å². The Labute approximate surface area is 206 Å². The fourth-order valence-electron chi connectivity index (χ4n) is 3.69. The van der Waals surface area contributed by atoms with Crippen LogP contribution in [0.5, 0.6) is 5.75 Å². The van der Waals surface area contributed by atoms with Crippen LogP contribution in [0.2, 0.25) is 0 Å². The number of β-lactam (4-membered cyclic amide) rings is 1. The molecule has 0 aromatic heterocycles. The van der Waals surface area contributed by atoms with Crippen LogP contribution in [0.15, 0.2) is 71.6 Å². The average Bonchev–Trinajstić information content (AvgIpc) is 2.88. The monoisotopic (exact) mass is 496 g/mol. The molecule has 3 atom stereocenters. The molecule has 2 aliphatic rings. The maximum Gasteiger partial charge on any atom is 0.333 e. The van der Waals surface area contributed by atoms with E-state index in [4.69, 9.17) is 14.2 Å². The van der Waals surface area contributed by atoms with Crippen molar-refractivity contribution in [2.75, 3.05) is 13.2 Å². The first-order valence-electron chi connectivity index (χ1n) is 10.9. The van der Waals surface area contributed by atoms with Gasteiger partial charge in [0.2, 0.25) is 5.91 Å². The predicted octanol–water partition coefficient (Wildman–Crippen LogP) is 2.02. The molecule has 2 heterocycles. The lowest BCUT2D eigenvalue weighted by atomic mass is 9.98. The van der Waals surface area contributed by atoms with Gasteiger partial charge < -0.3 is 24.4 Å². The van der Waals surface area contributed by atoms with Crippen LogP contribution in [0.25, 0.3) is 0 Å². The molecule has 0 spiro atoms. The van der Waals surface area contributed by atoms with Crippen molar-refractivity contribution in [2.24, 2.45) is 0 Å². The largest absolute Gasteiger partial charge is 0.484 e. The van der Waals surface area contributed by atoms with Crippen molar-refractivity contribution in [1.29, 1.82) is 0 Å². The van der Waals surface area contributed by atoms with Gasteiger partial charge in [-0.15, -0.1) is 11.8 Å². The number of carbonyl (C=O) groups excluding carboxylic acids is 4. The van der Waals surface area contributed by atoms with Gasteiger partial charge in [0.15, 0.2) is 12.6 Å². The van der Waals surface area contributed by atoms with Gasteiger partial charge in [0, 0.05) is 12.5 Å². The molecule has 182 valence electrons. The number of carbonyl (C=O) groups is 4. The van der Waals surface area contributed by atoms with E-state index in [1.165, 1.54) is 23.6 Å². The highest BCUT2D eigenvalue weighted by atomic mass is 32.2. The number of hydrogen-bond donors (Lipinski definition) is 1. The van der Waals surface area contributed by atoms with E-state index in [2.05, 4.69) is 5.32 Å². The number of nitrogens with zero attached hydrogens (tertiary/aromatic N) is 1. The van der Waals surface area contributed by atoms with Crippen molar-refractivity contribution in [1.82, 2.24) is 10.2 Å². The molecule has 35 heavy (non-hydrogen) atoms. The van der Waals surface area contributed by atoms with Crippen LogP contribution in [-0.4, -0.2) is 59.3 Å². The summed E-state index contributed by atoms with van der Waals surface area (Å²) in [5.74, 6) is -1.48. The number of hydrogen-bond acceptors (Lipinski definition) is 8. The topological polar surface area (TPSA) is 111 Å². The molecule has 2 amide bonds. The van der Waals surface area contributed by atoms with Crippen molar-refractivity contribution in [3.05, 3.63) is 77.2 Å². The van der Waals surface area contributed by atoms with E-state index < -0.39 is 41.2 Å². The lowest BCUT2D eigenvalue weighted by molar-refractivity contribution is -0.164. The zero-order chi connectivity index (χ0) is 24.8. The molecule has 10 heteroatoms. The van der Waals surface area contributed by atoms with Gasteiger partial charge in [0.1, 0.15) is 30.4 Å². The molecular formula is C25H24N2O7S. The Kier molecular flexibility index (Phi) is 7.71. The maximum absolute atomic E-state index is 13.0. The van der Waals surface area contributed by atoms with Crippen LogP contribution in [0.4, 0.5) is 0 Å². The summed E-state index contributed by atoms with van der Waals surface area (Å²) in [5.41, 5.74) is 1.23. The zero-order valence-corrected chi connectivity index (χ0v) is 19.7. The molecule has 0 bridgehead atoms. The molecule has 1 saturated heterocycles. The van der Waals surface area contributed by atoms with E-state index in [1.807, 2.05) is 36.4 Å². The SMILES string of the molecule is CC(=O)OCC1=CS[C@@H]2C(NC(=O)COc3ccccc3)C(=O)N2C1C(=O)OCc1ccccc1. The third-order valence-corrected chi connectivity index (χ3v) is 6.60. The van der Waals surface area contributed by atoms with Gasteiger partial charge in [0.05, 0.1) is 0 Å². The highest BCUT2D eigenvalue weighted by Crippen LogP contribution is 2.40. The zero-order valence-electron chi connectivity index (χ0n) is 18.9. The summed E-state index contributed by atoms with van der Waals surface area (Å²) in [4.78, 5) is 51.1. The van der Waals surface area contributed by atoms with E-state index in [1.54, 1.807) is 29.7 Å². The Morgan fingerprint density at radius 1 is 0.971 bits per heavy atom. The number of ether oxygens (including phenoxy) is 3. The van der Waals surface area contributed by atoms with Crippen LogP contribution in [0.1, 0.15) is 12.5 Å². The number of amides is 2. The summed E-state index contributed by atoms with van der Waals surface area (Å²) < 4.78 is 16.0. The predicted molar refractivity (Wildman–Crippen MR) is 127 cm³/mol. The summed E-state index contributed by atoms with van der Waals surface area (Å²) in [6.07, 6.45) is 0. The minimum Gasteiger partial charge on any atom is -0.484 e. The third-order valence-electron chi connectivity index (χ3n) is 5.39. The first kappa shape index (κ1) is 24.3. The highest BCUT2D eigenvalue weighted by Gasteiger charge is 2.56. The van der Waals surface area contributed by atoms with E-state index in [9.17, 15) is 19.2 Å². The summed E-state index contributed by atoms with van der Waals surface area (Å²) in [7, 11) is 0. The normalized spacial score (nSPS) is 20.6. The second-order valence-corrected chi connectivity index (χ2v) is 8.88. The molecule has 1 fully saturated rings. The van der Waals surface area contributed by atoms with Crippen LogP contribution < -0.4 is 10.1 Å². The Morgan fingerprint density at radius 3 is 2.34 bits per heavy atom. The lowest BCUT2D eigenvalue weighted by Crippen LogP contribution is -2.74. The first-order chi connectivity index (χ1) is 16.9. The number of thioether (sulfide) groups is 1. The Hall–Kier alpha value is -3.79. The summed E-state index contributed by atoms with van der Waals surface area (Å²) in [5, 5.41) is 3.86. The molecule has 0 aliphatic carbocycles. The molecule has 0 saturated carbocycles. The van der Waals surface area contributed by atoms with E-state index in [0.717, 1.165) is 5.56 Å². The van der Waals surface area contributed by atoms with Gasteiger partial charge in [-0.1, -0.05) is 48.5 Å². The molecule has 2 unspecified atom stereocenters. The quantitative estimate of drug-likeness (QED) is 0.415. The molecule has 2 aromatic rings. The van der Waals surface area contributed by atoms with Gasteiger partial charge in [-0.3, -0.25) is 14.4 Å². The maximum atomic E-state index is 13.0. The minimum atomic E-state index is -1.05. The molecule has 4 rings (SSSR count). The second-order valence-electron chi connectivity index (χ2n) is 7.89.